The zero-order valence-corrected chi connectivity index (χ0v) is 21.8. The number of aliphatic carboxylic acids is 2. The molecule has 0 aliphatic carbocycles. The van der Waals surface area contributed by atoms with Crippen molar-refractivity contribution in [2.45, 2.75) is 6.42 Å². The smallest absolute Gasteiger partial charge is 0.318 e. The van der Waals surface area contributed by atoms with Crippen LogP contribution in [0.1, 0.15) is 5.56 Å². The van der Waals surface area contributed by atoms with E-state index in [4.69, 9.17) is 10.8 Å². The lowest BCUT2D eigenvalue weighted by molar-refractivity contribution is -0.138. The standard InChI is InChI=1S/C20H31I2N5O4/c21-26-9-8-25(14-19(28)29)6-5-24(7-10-27(22)15-20(30)31)12-17(13-26)11-16-1-3-18(23)4-2-16/h1-4,17H,5-15,23H2,(H,28,29)(H,30,31). The molecule has 1 saturated heterocycles. The molecule has 174 valence electrons. The molecular weight excluding hydrogens is 628 g/mol. The Morgan fingerprint density at radius 1 is 1.03 bits per heavy atom. The van der Waals surface area contributed by atoms with Gasteiger partial charge in [-0.05, 0) is 30.0 Å². The van der Waals surface area contributed by atoms with E-state index in [-0.39, 0.29) is 13.1 Å². The summed E-state index contributed by atoms with van der Waals surface area (Å²) in [4.78, 5) is 26.5. The Morgan fingerprint density at radius 3 is 2.32 bits per heavy atom. The average Bonchev–Trinajstić information content (AvgIpc) is 2.68. The fraction of sp³-hybridized carbons (Fsp3) is 0.600. The zero-order valence-electron chi connectivity index (χ0n) is 17.5. The first-order valence-corrected chi connectivity index (χ1v) is 12.2. The molecule has 1 aliphatic rings. The van der Waals surface area contributed by atoms with Gasteiger partial charge in [0, 0.05) is 104 Å². The third-order valence-electron chi connectivity index (χ3n) is 5.19. The van der Waals surface area contributed by atoms with Crippen molar-refractivity contribution in [1.29, 1.82) is 0 Å². The summed E-state index contributed by atoms with van der Waals surface area (Å²) in [6, 6.07) is 8.01. The summed E-state index contributed by atoms with van der Waals surface area (Å²) < 4.78 is 4.01. The van der Waals surface area contributed by atoms with Crippen LogP contribution < -0.4 is 5.73 Å². The first-order valence-electron chi connectivity index (χ1n) is 10.3. The Hall–Kier alpha value is -0.740. The number of rotatable bonds is 9. The Kier molecular flexibility index (Phi) is 11.7. The second-order valence-electron chi connectivity index (χ2n) is 7.89. The largest absolute Gasteiger partial charge is 0.480 e. The molecule has 0 spiro atoms. The molecule has 1 aromatic carbocycles. The SMILES string of the molecule is Nc1ccc(CC2CN(I)CCN(CC(=O)O)CCN(CCN(I)CC(=O)O)C2)cc1. The molecule has 1 atom stereocenters. The van der Waals surface area contributed by atoms with Crippen molar-refractivity contribution >= 4 is 63.4 Å². The molecule has 0 radical (unpaired) electrons. The van der Waals surface area contributed by atoms with Crippen molar-refractivity contribution in [1.82, 2.24) is 16.0 Å². The second-order valence-corrected chi connectivity index (χ2v) is 10.6. The van der Waals surface area contributed by atoms with Crippen LogP contribution in [0.2, 0.25) is 0 Å². The fourth-order valence-corrected chi connectivity index (χ4v) is 4.95. The van der Waals surface area contributed by atoms with Gasteiger partial charge >= 0.3 is 11.9 Å². The molecule has 2 rings (SSSR count). The van der Waals surface area contributed by atoms with E-state index in [9.17, 15) is 14.7 Å². The molecule has 1 aliphatic heterocycles. The van der Waals surface area contributed by atoms with Crippen molar-refractivity contribution in [2.75, 3.05) is 71.2 Å². The van der Waals surface area contributed by atoms with Crippen molar-refractivity contribution in [3.8, 4) is 0 Å². The molecular formula is C20H31I2N5O4. The maximum Gasteiger partial charge on any atom is 0.318 e. The van der Waals surface area contributed by atoms with E-state index in [1.165, 1.54) is 5.56 Å². The summed E-state index contributed by atoms with van der Waals surface area (Å²) in [5.41, 5.74) is 7.83. The van der Waals surface area contributed by atoms with E-state index in [2.05, 4.69) is 65.9 Å². The predicted octanol–water partition coefficient (Wildman–Crippen LogP) is 1.52. The molecule has 0 bridgehead atoms. The minimum absolute atomic E-state index is 0.00403. The van der Waals surface area contributed by atoms with Crippen molar-refractivity contribution in [2.24, 2.45) is 5.92 Å². The number of anilines is 1. The number of benzene rings is 1. The molecule has 11 heteroatoms. The normalized spacial score (nSPS) is 20.0. The van der Waals surface area contributed by atoms with Crippen molar-refractivity contribution in [3.63, 3.8) is 0 Å². The molecule has 1 heterocycles. The quantitative estimate of drug-likeness (QED) is 0.207. The number of carbonyl (C=O) groups is 2. The van der Waals surface area contributed by atoms with Crippen LogP contribution in [0.25, 0.3) is 0 Å². The average molecular weight is 659 g/mol. The lowest BCUT2D eigenvalue weighted by atomic mass is 9.98. The number of nitrogens with two attached hydrogens (primary N) is 1. The summed E-state index contributed by atoms with van der Waals surface area (Å²) >= 11 is 4.38. The van der Waals surface area contributed by atoms with Crippen LogP contribution in [0.5, 0.6) is 0 Å². The molecule has 1 aromatic rings. The van der Waals surface area contributed by atoms with Gasteiger partial charge in [-0.25, -0.2) is 6.23 Å². The van der Waals surface area contributed by atoms with Crippen molar-refractivity contribution in [3.05, 3.63) is 29.8 Å². The highest BCUT2D eigenvalue weighted by molar-refractivity contribution is 14.1. The van der Waals surface area contributed by atoms with Crippen LogP contribution in [0.4, 0.5) is 5.69 Å². The van der Waals surface area contributed by atoms with Crippen LogP contribution in [0.3, 0.4) is 0 Å². The second kappa shape index (κ2) is 13.7. The summed E-state index contributed by atoms with van der Waals surface area (Å²) in [6.45, 7) is 6.09. The summed E-state index contributed by atoms with van der Waals surface area (Å²) in [5.74, 6) is -1.26. The Labute approximate surface area is 211 Å². The van der Waals surface area contributed by atoms with E-state index in [0.29, 0.717) is 25.6 Å². The monoisotopic (exact) mass is 659 g/mol. The molecule has 1 unspecified atom stereocenters. The van der Waals surface area contributed by atoms with Gasteiger partial charge in [0.1, 0.15) is 6.54 Å². The Balaban J connectivity index is 2.08. The lowest BCUT2D eigenvalue weighted by Crippen LogP contribution is -2.46. The molecule has 9 nitrogen and oxygen atoms in total. The minimum atomic E-state index is -0.843. The van der Waals surface area contributed by atoms with Gasteiger partial charge in [-0.3, -0.25) is 14.5 Å². The minimum Gasteiger partial charge on any atom is -0.480 e. The maximum absolute atomic E-state index is 11.2. The van der Waals surface area contributed by atoms with Gasteiger partial charge in [0.05, 0.1) is 6.54 Å². The summed E-state index contributed by atoms with van der Waals surface area (Å²) in [5, 5.41) is 18.2. The highest BCUT2D eigenvalue weighted by Crippen LogP contribution is 2.17. The van der Waals surface area contributed by atoms with E-state index in [1.54, 1.807) is 3.11 Å². The lowest BCUT2D eigenvalue weighted by Gasteiger charge is -2.34. The van der Waals surface area contributed by atoms with Gasteiger partial charge in [-0.1, -0.05) is 12.1 Å². The maximum atomic E-state index is 11.2. The zero-order chi connectivity index (χ0) is 22.8. The van der Waals surface area contributed by atoms with Gasteiger partial charge in [-0.2, -0.15) is 0 Å². The highest BCUT2D eigenvalue weighted by atomic mass is 127. The number of hydrogen-bond donors (Lipinski definition) is 3. The number of halogens is 2. The van der Waals surface area contributed by atoms with Crippen LogP contribution in [-0.2, 0) is 16.0 Å². The van der Waals surface area contributed by atoms with E-state index in [0.717, 1.165) is 44.8 Å². The molecule has 1 fully saturated rings. The topological polar surface area (TPSA) is 114 Å². The predicted molar refractivity (Wildman–Crippen MR) is 137 cm³/mol. The van der Waals surface area contributed by atoms with Crippen LogP contribution in [-0.4, -0.2) is 104 Å². The van der Waals surface area contributed by atoms with Crippen LogP contribution >= 0.6 is 45.7 Å². The van der Waals surface area contributed by atoms with Gasteiger partial charge < -0.3 is 20.8 Å². The van der Waals surface area contributed by atoms with E-state index < -0.39 is 11.9 Å². The molecule has 0 aromatic heterocycles. The Bertz CT molecular complexity index is 709. The summed E-state index contributed by atoms with van der Waals surface area (Å²) in [7, 11) is 0. The van der Waals surface area contributed by atoms with Gasteiger partial charge in [-0.15, -0.1) is 0 Å². The number of carboxylic acid groups (broad SMARTS) is 2. The molecule has 0 saturated carbocycles. The van der Waals surface area contributed by atoms with Crippen LogP contribution in [0, 0.1) is 5.92 Å². The third kappa shape index (κ3) is 11.1. The van der Waals surface area contributed by atoms with Crippen molar-refractivity contribution < 1.29 is 19.8 Å². The number of hydrogen-bond acceptors (Lipinski definition) is 7. The van der Waals surface area contributed by atoms with Crippen LogP contribution in [0.15, 0.2) is 24.3 Å². The van der Waals surface area contributed by atoms with E-state index in [1.807, 2.05) is 17.0 Å². The van der Waals surface area contributed by atoms with Gasteiger partial charge in [0.2, 0.25) is 0 Å². The number of carboxylic acids is 2. The molecule has 31 heavy (non-hydrogen) atoms. The Morgan fingerprint density at radius 2 is 1.68 bits per heavy atom. The third-order valence-corrected chi connectivity index (χ3v) is 6.89. The number of nitrogen functional groups attached to an aromatic ring is 1. The first-order chi connectivity index (χ1) is 14.7. The van der Waals surface area contributed by atoms with Gasteiger partial charge in [0.15, 0.2) is 0 Å². The fourth-order valence-electron chi connectivity index (χ4n) is 3.67. The first kappa shape index (κ1) is 26.5. The molecule has 0 amide bonds. The highest BCUT2D eigenvalue weighted by Gasteiger charge is 2.22. The van der Waals surface area contributed by atoms with E-state index >= 15 is 0 Å². The molecule has 4 N–H and O–H groups in total. The number of nitrogens with zero attached hydrogens (tertiary/aromatic N) is 4. The summed E-state index contributed by atoms with van der Waals surface area (Å²) in [6.07, 6.45) is 0.929. The van der Waals surface area contributed by atoms with Gasteiger partial charge in [0.25, 0.3) is 0 Å².